The van der Waals surface area contributed by atoms with Gasteiger partial charge in [-0.25, -0.2) is 12.8 Å². The summed E-state index contributed by atoms with van der Waals surface area (Å²) in [6.45, 7) is 5.83. The van der Waals surface area contributed by atoms with Crippen LogP contribution in [0.4, 0.5) is 4.39 Å². The number of halogens is 1. The molecular formula is C17H25FN6O2S. The zero-order valence-electron chi connectivity index (χ0n) is 15.5. The minimum atomic E-state index is -3.72. The topological polar surface area (TPSA) is 101 Å². The van der Waals surface area contributed by atoms with Crippen LogP contribution in [0.15, 0.2) is 40.5 Å². The first-order valence-electron chi connectivity index (χ1n) is 8.84. The molecule has 8 nitrogen and oxygen atoms in total. The summed E-state index contributed by atoms with van der Waals surface area (Å²) < 4.78 is 40.2. The number of aryl methyl sites for hydroxylation is 1. The third-order valence-corrected chi connectivity index (χ3v) is 5.52. The second-order valence-electron chi connectivity index (χ2n) is 5.73. The fourth-order valence-electron chi connectivity index (χ4n) is 2.46. The molecule has 1 aromatic heterocycles. The lowest BCUT2D eigenvalue weighted by Crippen LogP contribution is -2.39. The van der Waals surface area contributed by atoms with Gasteiger partial charge >= 0.3 is 0 Å². The molecule has 0 bridgehead atoms. The van der Waals surface area contributed by atoms with Gasteiger partial charge in [-0.05, 0) is 19.1 Å². The van der Waals surface area contributed by atoms with Crippen LogP contribution in [-0.4, -0.2) is 54.5 Å². The lowest BCUT2D eigenvalue weighted by molar-refractivity contribution is 0.567. The molecule has 0 radical (unpaired) electrons. The molecular weight excluding hydrogens is 371 g/mol. The maximum atomic E-state index is 13.7. The molecule has 0 aliphatic heterocycles. The SMILES string of the molecule is CCNC(=NCCS(=O)(=O)c1ccccc1F)NCCn1cnnc1CC. The molecule has 0 aliphatic carbocycles. The number of hydrogen-bond donors (Lipinski definition) is 2. The molecule has 10 heteroatoms. The van der Waals surface area contributed by atoms with E-state index in [1.807, 2.05) is 18.4 Å². The van der Waals surface area contributed by atoms with Gasteiger partial charge in [0.2, 0.25) is 0 Å². The van der Waals surface area contributed by atoms with Crippen LogP contribution in [0, 0.1) is 5.82 Å². The largest absolute Gasteiger partial charge is 0.357 e. The second kappa shape index (κ2) is 10.0. The van der Waals surface area contributed by atoms with Gasteiger partial charge in [-0.3, -0.25) is 4.99 Å². The maximum Gasteiger partial charge on any atom is 0.191 e. The summed E-state index contributed by atoms with van der Waals surface area (Å²) in [5, 5.41) is 14.1. The Hall–Kier alpha value is -2.49. The van der Waals surface area contributed by atoms with Crippen molar-refractivity contribution >= 4 is 15.8 Å². The van der Waals surface area contributed by atoms with Crippen LogP contribution in [-0.2, 0) is 22.8 Å². The van der Waals surface area contributed by atoms with Crippen LogP contribution in [0.2, 0.25) is 0 Å². The third kappa shape index (κ3) is 6.02. The first-order chi connectivity index (χ1) is 13.0. The van der Waals surface area contributed by atoms with Gasteiger partial charge in [0.15, 0.2) is 15.8 Å². The van der Waals surface area contributed by atoms with E-state index >= 15 is 0 Å². The molecule has 148 valence electrons. The predicted molar refractivity (Wildman–Crippen MR) is 102 cm³/mol. The average molecular weight is 396 g/mol. The molecule has 1 aromatic carbocycles. The highest BCUT2D eigenvalue weighted by atomic mass is 32.2. The summed E-state index contributed by atoms with van der Waals surface area (Å²) in [7, 11) is -3.72. The number of benzene rings is 1. The lowest BCUT2D eigenvalue weighted by Gasteiger charge is -2.12. The van der Waals surface area contributed by atoms with Crippen LogP contribution in [0.3, 0.4) is 0 Å². The van der Waals surface area contributed by atoms with Crippen molar-refractivity contribution in [3.05, 3.63) is 42.2 Å². The van der Waals surface area contributed by atoms with Crippen LogP contribution in [0.1, 0.15) is 19.7 Å². The van der Waals surface area contributed by atoms with Crippen LogP contribution in [0.25, 0.3) is 0 Å². The van der Waals surface area contributed by atoms with Crippen molar-refractivity contribution in [3.8, 4) is 0 Å². The Morgan fingerprint density at radius 1 is 1.26 bits per heavy atom. The molecule has 0 spiro atoms. The van der Waals surface area contributed by atoms with E-state index < -0.39 is 15.7 Å². The summed E-state index contributed by atoms with van der Waals surface area (Å²) in [4.78, 5) is 3.97. The van der Waals surface area contributed by atoms with Crippen LogP contribution in [0.5, 0.6) is 0 Å². The fourth-order valence-corrected chi connectivity index (χ4v) is 3.66. The Kier molecular flexibility index (Phi) is 7.71. The maximum absolute atomic E-state index is 13.7. The van der Waals surface area contributed by atoms with Gasteiger partial charge in [0, 0.05) is 26.1 Å². The van der Waals surface area contributed by atoms with Crippen molar-refractivity contribution in [3.63, 3.8) is 0 Å². The molecule has 0 atom stereocenters. The van der Waals surface area contributed by atoms with E-state index in [1.165, 1.54) is 18.2 Å². The molecule has 1 heterocycles. The fraction of sp³-hybridized carbons (Fsp3) is 0.471. The van der Waals surface area contributed by atoms with Crippen LogP contribution >= 0.6 is 0 Å². The van der Waals surface area contributed by atoms with Gasteiger partial charge in [-0.2, -0.15) is 0 Å². The van der Waals surface area contributed by atoms with Crippen molar-refractivity contribution in [1.82, 2.24) is 25.4 Å². The molecule has 0 amide bonds. The second-order valence-corrected chi connectivity index (χ2v) is 7.81. The molecule has 2 rings (SSSR count). The minimum absolute atomic E-state index is 0.0266. The average Bonchev–Trinajstić information content (AvgIpc) is 3.09. The standard InChI is InChI=1S/C17H25FN6O2S/c1-3-16-23-22-13-24(16)11-9-20-17(19-4-2)21-10-12-27(25,26)15-8-6-5-7-14(15)18/h5-8,13H,3-4,9-12H2,1-2H3,(H2,19,20,21). The van der Waals surface area contributed by atoms with Gasteiger partial charge in [0.05, 0.1) is 12.3 Å². The monoisotopic (exact) mass is 396 g/mol. The number of hydrogen-bond acceptors (Lipinski definition) is 5. The number of sulfone groups is 1. The van der Waals surface area contributed by atoms with Gasteiger partial charge in [-0.15, -0.1) is 10.2 Å². The highest BCUT2D eigenvalue weighted by molar-refractivity contribution is 7.91. The number of aliphatic imine (C=N–C) groups is 1. The Morgan fingerprint density at radius 3 is 2.74 bits per heavy atom. The predicted octanol–water partition coefficient (Wildman–Crippen LogP) is 1.01. The summed E-state index contributed by atoms with van der Waals surface area (Å²) in [5.41, 5.74) is 0. The number of rotatable bonds is 9. The number of nitrogens with one attached hydrogen (secondary N) is 2. The molecule has 2 N–H and O–H groups in total. The smallest absolute Gasteiger partial charge is 0.191 e. The van der Waals surface area contributed by atoms with E-state index in [1.54, 1.807) is 6.33 Å². The van der Waals surface area contributed by atoms with Gasteiger partial charge in [0.1, 0.15) is 22.9 Å². The minimum Gasteiger partial charge on any atom is -0.357 e. The molecule has 2 aromatic rings. The Balaban J connectivity index is 1.92. The van der Waals surface area contributed by atoms with E-state index in [0.717, 1.165) is 18.3 Å². The summed E-state index contributed by atoms with van der Waals surface area (Å²) in [5.74, 6) is 0.393. The zero-order valence-corrected chi connectivity index (χ0v) is 16.3. The third-order valence-electron chi connectivity index (χ3n) is 3.80. The van der Waals surface area contributed by atoms with Crippen molar-refractivity contribution in [2.45, 2.75) is 31.7 Å². The van der Waals surface area contributed by atoms with Crippen LogP contribution < -0.4 is 10.6 Å². The summed E-state index contributed by atoms with van der Waals surface area (Å²) in [6, 6.07) is 5.36. The van der Waals surface area contributed by atoms with E-state index in [0.29, 0.717) is 25.6 Å². The van der Waals surface area contributed by atoms with Crippen molar-refractivity contribution in [1.29, 1.82) is 0 Å². The quantitative estimate of drug-likeness (QED) is 0.485. The summed E-state index contributed by atoms with van der Waals surface area (Å²) >= 11 is 0. The van der Waals surface area contributed by atoms with Crippen molar-refractivity contribution in [2.75, 3.05) is 25.4 Å². The van der Waals surface area contributed by atoms with E-state index in [-0.39, 0.29) is 17.2 Å². The van der Waals surface area contributed by atoms with Gasteiger partial charge in [-0.1, -0.05) is 19.1 Å². The van der Waals surface area contributed by atoms with E-state index in [4.69, 9.17) is 0 Å². The number of guanidine groups is 1. The lowest BCUT2D eigenvalue weighted by atomic mass is 10.3. The highest BCUT2D eigenvalue weighted by Gasteiger charge is 2.18. The molecule has 0 saturated heterocycles. The summed E-state index contributed by atoms with van der Waals surface area (Å²) in [6.07, 6.45) is 2.47. The normalized spacial score (nSPS) is 12.2. The Morgan fingerprint density at radius 2 is 2.04 bits per heavy atom. The molecule has 0 saturated carbocycles. The molecule has 0 unspecified atom stereocenters. The highest BCUT2D eigenvalue weighted by Crippen LogP contribution is 2.14. The molecule has 0 aliphatic rings. The zero-order chi connectivity index (χ0) is 19.7. The van der Waals surface area contributed by atoms with E-state index in [2.05, 4.69) is 25.8 Å². The number of aromatic nitrogens is 3. The van der Waals surface area contributed by atoms with Gasteiger partial charge < -0.3 is 15.2 Å². The van der Waals surface area contributed by atoms with Crippen molar-refractivity contribution in [2.24, 2.45) is 4.99 Å². The van der Waals surface area contributed by atoms with Crippen molar-refractivity contribution < 1.29 is 12.8 Å². The van der Waals surface area contributed by atoms with E-state index in [9.17, 15) is 12.8 Å². The molecule has 27 heavy (non-hydrogen) atoms. The molecule has 0 fully saturated rings. The first-order valence-corrected chi connectivity index (χ1v) is 10.5. The number of nitrogens with zero attached hydrogens (tertiary/aromatic N) is 4. The Labute approximate surface area is 158 Å². The van der Waals surface area contributed by atoms with Gasteiger partial charge in [0.25, 0.3) is 0 Å². The Bertz CT molecular complexity index is 866. The first kappa shape index (κ1) is 20.8.